The molecule has 0 saturated heterocycles. The maximum Gasteiger partial charge on any atom is 0.407 e. The molecule has 11 heteroatoms. The predicted octanol–water partition coefficient (Wildman–Crippen LogP) is 9.09. The Labute approximate surface area is 327 Å². The molecule has 0 fully saturated rings. The number of nitrogens with one attached hydrogen (secondary N) is 1. The normalized spacial score (nSPS) is 13.2. The summed E-state index contributed by atoms with van der Waals surface area (Å²) in [6, 6.07) is 45.2. The maximum atomic E-state index is 12.9. The maximum absolute atomic E-state index is 12.9. The molecule has 0 aromatic heterocycles. The van der Waals surface area contributed by atoms with Crippen LogP contribution in [0.1, 0.15) is 22.6 Å². The van der Waals surface area contributed by atoms with E-state index in [9.17, 15) is 14.7 Å². The molecule has 286 valence electrons. The number of rotatable bonds is 18. The van der Waals surface area contributed by atoms with Gasteiger partial charge in [-0.3, -0.25) is 0 Å². The number of hydrogen-bond acceptors (Lipinski definition) is 6. The van der Waals surface area contributed by atoms with E-state index in [1.54, 1.807) is 24.3 Å². The second kappa shape index (κ2) is 18.4. The van der Waals surface area contributed by atoms with Crippen LogP contribution in [-0.4, -0.2) is 59.2 Å². The molecule has 6 rings (SSSR count). The molecule has 0 saturated carbocycles. The van der Waals surface area contributed by atoms with E-state index in [1.807, 2.05) is 48.5 Å². The van der Waals surface area contributed by atoms with Gasteiger partial charge in [0.05, 0.1) is 29.4 Å². The third-order valence-electron chi connectivity index (χ3n) is 10.4. The Balaban J connectivity index is 1.05. The van der Waals surface area contributed by atoms with Crippen molar-refractivity contribution in [1.82, 2.24) is 5.32 Å². The van der Waals surface area contributed by atoms with Crippen molar-refractivity contribution in [3.63, 3.8) is 0 Å². The molecule has 0 heterocycles. The van der Waals surface area contributed by atoms with Crippen LogP contribution in [0.4, 0.5) is 4.79 Å². The Bertz CT molecular complexity index is 1930. The summed E-state index contributed by atoms with van der Waals surface area (Å²) in [7, 11) is -5.16. The number of amides is 1. The second-order valence-electron chi connectivity index (χ2n) is 15.2. The molecule has 0 radical (unpaired) electrons. The van der Waals surface area contributed by atoms with Gasteiger partial charge in [-0.2, -0.15) is 0 Å². The Morgan fingerprint density at radius 1 is 0.673 bits per heavy atom. The van der Waals surface area contributed by atoms with Crippen molar-refractivity contribution < 1.29 is 33.0 Å². The zero-order chi connectivity index (χ0) is 38.8. The van der Waals surface area contributed by atoms with Gasteiger partial charge in [-0.1, -0.05) is 158 Å². The van der Waals surface area contributed by atoms with Crippen LogP contribution in [0.2, 0.25) is 38.3 Å². The molecule has 5 aromatic carbocycles. The molecule has 0 aliphatic heterocycles. The number of ether oxygens (including phenoxy) is 1. The van der Waals surface area contributed by atoms with Gasteiger partial charge in [0.2, 0.25) is 0 Å². The molecular formula is C44H50NO7PSi2. The summed E-state index contributed by atoms with van der Waals surface area (Å²) in [4.78, 5) is 25.2. The molecule has 2 N–H and O–H groups in total. The summed E-state index contributed by atoms with van der Waals surface area (Å²) >= 11 is 0. The average molecular weight is 792 g/mol. The number of carbonyl (C=O) groups is 2. The van der Waals surface area contributed by atoms with Crippen LogP contribution in [0.3, 0.4) is 0 Å². The Kier molecular flexibility index (Phi) is 13.4. The lowest BCUT2D eigenvalue weighted by atomic mass is 9.98. The minimum Gasteiger partial charge on any atom is -0.480 e. The van der Waals surface area contributed by atoms with E-state index in [0.717, 1.165) is 39.9 Å². The molecule has 55 heavy (non-hydrogen) atoms. The van der Waals surface area contributed by atoms with Crippen molar-refractivity contribution in [3.05, 3.63) is 150 Å². The summed E-state index contributed by atoms with van der Waals surface area (Å²) in [6.45, 7) is 10.5. The summed E-state index contributed by atoms with van der Waals surface area (Å²) < 4.78 is 24.6. The minimum atomic E-state index is -1.73. The van der Waals surface area contributed by atoms with Crippen molar-refractivity contribution in [2.75, 3.05) is 19.8 Å². The third kappa shape index (κ3) is 10.6. The molecule has 0 spiro atoms. The first-order valence-electron chi connectivity index (χ1n) is 18.8. The molecule has 1 amide bonds. The number of carboxylic acids is 1. The van der Waals surface area contributed by atoms with Gasteiger partial charge in [-0.15, -0.1) is 0 Å². The summed E-state index contributed by atoms with van der Waals surface area (Å²) in [5.74, 6) is -0.712. The van der Waals surface area contributed by atoms with Crippen LogP contribution in [0.15, 0.2) is 133 Å². The van der Waals surface area contributed by atoms with Gasteiger partial charge < -0.3 is 28.7 Å². The molecule has 8 nitrogen and oxygen atoms in total. The summed E-state index contributed by atoms with van der Waals surface area (Å²) in [5, 5.41) is 15.3. The van der Waals surface area contributed by atoms with Crippen molar-refractivity contribution >= 4 is 47.2 Å². The number of carboxylic acid groups (broad SMARTS) is 1. The number of hydrogen-bond donors (Lipinski definition) is 2. The third-order valence-corrected chi connectivity index (χ3v) is 18.3. The van der Waals surface area contributed by atoms with Crippen molar-refractivity contribution in [2.24, 2.45) is 0 Å². The topological polar surface area (TPSA) is 103 Å². The lowest BCUT2D eigenvalue weighted by Gasteiger charge is -2.26. The standard InChI is InChI=1S/C44H50NO7PSi2/c1-54(2,35-15-7-5-8-16-35)29-27-50-53(51-28-30-55(3,4)36-17-9-6-10-18-36)52-34-25-23-33(24-26-34)31-42(43(46)47)45-44(48)49-32-41-39-21-13-11-19-37(39)38-20-12-14-22-40(38)41/h5-26,41-42H,27-32H2,1-4H3,(H,45,48)(H,46,47)/t42-/m0/s1. The molecule has 0 unspecified atom stereocenters. The van der Waals surface area contributed by atoms with Crippen molar-refractivity contribution in [1.29, 1.82) is 0 Å². The number of carbonyl (C=O) groups excluding carboxylic acids is 1. The first-order valence-corrected chi connectivity index (χ1v) is 26.3. The highest BCUT2D eigenvalue weighted by molar-refractivity contribution is 7.42. The van der Waals surface area contributed by atoms with Crippen LogP contribution in [0.5, 0.6) is 5.75 Å². The fourth-order valence-electron chi connectivity index (χ4n) is 6.90. The zero-order valence-corrected chi connectivity index (χ0v) is 34.8. The van der Waals surface area contributed by atoms with E-state index in [-0.39, 0.29) is 18.9 Å². The quantitative estimate of drug-likeness (QED) is 0.0675. The highest BCUT2D eigenvalue weighted by Gasteiger charge is 2.31. The second-order valence-corrected chi connectivity index (χ2v) is 26.0. The van der Waals surface area contributed by atoms with Crippen LogP contribution in [-0.2, 0) is 25.0 Å². The number of fused-ring (bicyclic) bond motifs is 3. The van der Waals surface area contributed by atoms with E-state index in [0.29, 0.717) is 19.0 Å². The first-order chi connectivity index (χ1) is 26.5. The van der Waals surface area contributed by atoms with Crippen LogP contribution in [0, 0.1) is 0 Å². The van der Waals surface area contributed by atoms with E-state index in [1.165, 1.54) is 10.4 Å². The van der Waals surface area contributed by atoms with Crippen LogP contribution in [0.25, 0.3) is 11.1 Å². The van der Waals surface area contributed by atoms with Crippen molar-refractivity contribution in [2.45, 2.75) is 56.7 Å². The smallest absolute Gasteiger partial charge is 0.407 e. The van der Waals surface area contributed by atoms with Gasteiger partial charge in [-0.25, -0.2) is 9.59 Å². The molecule has 1 atom stereocenters. The van der Waals surface area contributed by atoms with E-state index >= 15 is 0 Å². The number of alkyl carbamates (subject to hydrolysis) is 1. The highest BCUT2D eigenvalue weighted by Crippen LogP contribution is 2.45. The van der Waals surface area contributed by atoms with Crippen LogP contribution >= 0.6 is 8.60 Å². The SMILES string of the molecule is C[Si](C)(CCOP(OCC[Si](C)(C)c1ccccc1)Oc1ccc(C[C@H](NC(=O)OCC2c3ccccc3-c3ccccc32)C(=O)O)cc1)c1ccccc1. The van der Waals surface area contributed by atoms with Gasteiger partial charge in [-0.05, 0) is 52.0 Å². The predicted molar refractivity (Wildman–Crippen MR) is 226 cm³/mol. The molecule has 1 aliphatic rings. The molecule has 5 aromatic rings. The number of aliphatic carboxylic acids is 1. The summed E-state index contributed by atoms with van der Waals surface area (Å²) in [6.07, 6.45) is -0.703. The first kappa shape index (κ1) is 40.1. The van der Waals surface area contributed by atoms with Gasteiger partial charge in [0.1, 0.15) is 18.4 Å². The average Bonchev–Trinajstić information content (AvgIpc) is 3.51. The Morgan fingerprint density at radius 3 is 1.64 bits per heavy atom. The van der Waals surface area contributed by atoms with E-state index < -0.39 is 42.9 Å². The Morgan fingerprint density at radius 2 is 1.15 bits per heavy atom. The zero-order valence-electron chi connectivity index (χ0n) is 31.9. The van der Waals surface area contributed by atoms with Gasteiger partial charge >= 0.3 is 20.7 Å². The lowest BCUT2D eigenvalue weighted by molar-refractivity contribution is -0.139. The van der Waals surface area contributed by atoms with Crippen LogP contribution < -0.4 is 20.2 Å². The van der Waals surface area contributed by atoms with Crippen molar-refractivity contribution in [3.8, 4) is 16.9 Å². The highest BCUT2D eigenvalue weighted by atomic mass is 31.2. The monoisotopic (exact) mass is 791 g/mol. The molecule has 1 aliphatic carbocycles. The fourth-order valence-corrected chi connectivity index (χ4v) is 12.2. The summed E-state index contributed by atoms with van der Waals surface area (Å²) in [5.41, 5.74) is 5.13. The Hall–Kier alpha value is -4.58. The largest absolute Gasteiger partial charge is 0.480 e. The van der Waals surface area contributed by atoms with E-state index in [2.05, 4.69) is 92.2 Å². The fraction of sp³-hybridized carbons (Fsp3) is 0.273. The van der Waals surface area contributed by atoms with Gasteiger partial charge in [0.15, 0.2) is 0 Å². The number of benzene rings is 5. The minimum absolute atomic E-state index is 0.0694. The molecular weight excluding hydrogens is 742 g/mol. The van der Waals surface area contributed by atoms with Gasteiger partial charge in [0.25, 0.3) is 0 Å². The van der Waals surface area contributed by atoms with E-state index in [4.69, 9.17) is 18.3 Å². The lowest BCUT2D eigenvalue weighted by Crippen LogP contribution is -2.42. The molecule has 0 bridgehead atoms. The van der Waals surface area contributed by atoms with Gasteiger partial charge in [0, 0.05) is 12.3 Å².